The topological polar surface area (TPSA) is 37.3 Å². The average Bonchev–Trinajstić information content (AvgIpc) is 2.79. The van der Waals surface area contributed by atoms with Gasteiger partial charge in [0, 0.05) is 12.8 Å². The van der Waals surface area contributed by atoms with Gasteiger partial charge in [0.15, 0.2) is 0 Å². The van der Waals surface area contributed by atoms with Gasteiger partial charge in [-0.25, -0.2) is 0 Å². The minimum Gasteiger partial charge on any atom is -0.481 e. The first-order valence-electron chi connectivity index (χ1n) is 13.6. The predicted octanol–water partition coefficient (Wildman–Crippen LogP) is 8.02. The number of likely N-dealkylation sites (N-methyl/N-ethyl adjacent to an activating group) is 1. The molecule has 0 aliphatic carbocycles. The first-order valence-corrected chi connectivity index (χ1v) is 13.6. The van der Waals surface area contributed by atoms with Crippen molar-refractivity contribution < 1.29 is 14.4 Å². The van der Waals surface area contributed by atoms with Crippen LogP contribution in [0.5, 0.6) is 0 Å². The molecule has 0 aromatic heterocycles. The Hall–Kier alpha value is -1.35. The van der Waals surface area contributed by atoms with E-state index in [4.69, 9.17) is 5.11 Å². The van der Waals surface area contributed by atoms with E-state index in [0.29, 0.717) is 6.42 Å². The van der Waals surface area contributed by atoms with Gasteiger partial charge in [-0.15, -0.1) is 0 Å². The Morgan fingerprint density at radius 2 is 1.16 bits per heavy atom. The fraction of sp³-hybridized carbons (Fsp3) is 0.759. The van der Waals surface area contributed by atoms with Crippen molar-refractivity contribution in [1.82, 2.24) is 0 Å². The van der Waals surface area contributed by atoms with Crippen LogP contribution >= 0.6 is 0 Å². The van der Waals surface area contributed by atoms with E-state index in [1.165, 1.54) is 102 Å². The van der Waals surface area contributed by atoms with Gasteiger partial charge in [-0.1, -0.05) is 101 Å². The number of hydrogen-bond donors (Lipinski definition) is 1. The van der Waals surface area contributed by atoms with Crippen LogP contribution in [-0.2, 0) is 11.2 Å². The molecule has 0 aliphatic heterocycles. The van der Waals surface area contributed by atoms with Crippen LogP contribution in [-0.4, -0.2) is 42.2 Å². The molecule has 32 heavy (non-hydrogen) atoms. The standard InChI is InChI=1S/C29H51NO2/c1-3-4-5-6-7-8-9-10-11-12-13-19-25-30(2,26-20-15-18-23-29(31)32)27-24-28-21-16-14-17-22-28/h14,16-17,21-22H,3-13,15,18-20,23-27H2,1-2H3/p+1. The van der Waals surface area contributed by atoms with Crippen molar-refractivity contribution in [2.75, 3.05) is 26.7 Å². The largest absolute Gasteiger partial charge is 0.481 e. The van der Waals surface area contributed by atoms with E-state index in [0.717, 1.165) is 30.2 Å². The van der Waals surface area contributed by atoms with E-state index in [-0.39, 0.29) is 0 Å². The van der Waals surface area contributed by atoms with Crippen LogP contribution in [0, 0.1) is 0 Å². The van der Waals surface area contributed by atoms with Crippen LogP contribution in [0.25, 0.3) is 0 Å². The Balaban J connectivity index is 2.22. The average molecular weight is 447 g/mol. The van der Waals surface area contributed by atoms with Gasteiger partial charge in [-0.3, -0.25) is 4.79 Å². The van der Waals surface area contributed by atoms with E-state index in [2.05, 4.69) is 44.3 Å². The summed E-state index contributed by atoms with van der Waals surface area (Å²) in [4.78, 5) is 10.8. The molecule has 0 saturated carbocycles. The number of benzene rings is 1. The van der Waals surface area contributed by atoms with Gasteiger partial charge in [0.05, 0.1) is 26.7 Å². The number of nitrogens with zero attached hydrogens (tertiary/aromatic N) is 1. The summed E-state index contributed by atoms with van der Waals surface area (Å²) in [5, 5.41) is 8.86. The Morgan fingerprint density at radius 1 is 0.688 bits per heavy atom. The lowest BCUT2D eigenvalue weighted by molar-refractivity contribution is -0.909. The molecule has 0 aliphatic rings. The SMILES string of the molecule is CCCCCCCCCCCCCC[N+](C)(CCCCCC(=O)O)CCc1ccccc1. The summed E-state index contributed by atoms with van der Waals surface area (Å²) in [7, 11) is 2.42. The number of hydrogen-bond acceptors (Lipinski definition) is 1. The maximum Gasteiger partial charge on any atom is 0.303 e. The zero-order valence-electron chi connectivity index (χ0n) is 21.3. The summed E-state index contributed by atoms with van der Waals surface area (Å²) in [6, 6.07) is 10.8. The fourth-order valence-electron chi connectivity index (χ4n) is 4.66. The molecule has 1 aromatic rings. The van der Waals surface area contributed by atoms with Gasteiger partial charge < -0.3 is 9.59 Å². The zero-order valence-corrected chi connectivity index (χ0v) is 21.3. The Labute approximate surface area is 199 Å². The molecule has 1 unspecified atom stereocenters. The molecule has 1 atom stereocenters. The molecule has 1 rings (SSSR count). The minimum absolute atomic E-state index is 0.312. The number of carbonyl (C=O) groups is 1. The quantitative estimate of drug-likeness (QED) is 0.145. The van der Waals surface area contributed by atoms with Gasteiger partial charge >= 0.3 is 5.97 Å². The second-order valence-corrected chi connectivity index (χ2v) is 10.1. The maximum absolute atomic E-state index is 10.8. The highest BCUT2D eigenvalue weighted by molar-refractivity contribution is 5.66. The zero-order chi connectivity index (χ0) is 23.3. The molecule has 0 radical (unpaired) electrons. The molecule has 1 N–H and O–H groups in total. The number of rotatable bonds is 22. The van der Waals surface area contributed by atoms with Gasteiger partial charge in [-0.05, 0) is 37.7 Å². The van der Waals surface area contributed by atoms with E-state index in [9.17, 15) is 4.79 Å². The van der Waals surface area contributed by atoms with E-state index < -0.39 is 5.97 Å². The third-order valence-corrected chi connectivity index (χ3v) is 6.92. The van der Waals surface area contributed by atoms with Crippen molar-refractivity contribution in [1.29, 1.82) is 0 Å². The van der Waals surface area contributed by atoms with Crippen molar-refractivity contribution >= 4 is 5.97 Å². The molecule has 0 saturated heterocycles. The Bertz CT molecular complexity index is 560. The van der Waals surface area contributed by atoms with Crippen LogP contribution in [0.15, 0.2) is 30.3 Å². The highest BCUT2D eigenvalue weighted by atomic mass is 16.4. The molecule has 0 heterocycles. The smallest absolute Gasteiger partial charge is 0.303 e. The van der Waals surface area contributed by atoms with Gasteiger partial charge in [-0.2, -0.15) is 0 Å². The summed E-state index contributed by atoms with van der Waals surface area (Å²) in [5.74, 6) is -0.664. The molecule has 3 nitrogen and oxygen atoms in total. The van der Waals surface area contributed by atoms with Crippen molar-refractivity contribution in [3.63, 3.8) is 0 Å². The molecule has 0 amide bonds. The molecule has 0 fully saturated rings. The van der Waals surface area contributed by atoms with Crippen LogP contribution in [0.1, 0.15) is 115 Å². The second-order valence-electron chi connectivity index (χ2n) is 10.1. The maximum atomic E-state index is 10.8. The highest BCUT2D eigenvalue weighted by Gasteiger charge is 2.20. The monoisotopic (exact) mass is 446 g/mol. The Morgan fingerprint density at radius 3 is 1.66 bits per heavy atom. The summed E-state index contributed by atoms with van der Waals surface area (Å²) in [6.45, 7) is 5.89. The summed E-state index contributed by atoms with van der Waals surface area (Å²) >= 11 is 0. The molecular weight excluding hydrogens is 394 g/mol. The van der Waals surface area contributed by atoms with Crippen LogP contribution in [0.3, 0.4) is 0 Å². The van der Waals surface area contributed by atoms with Gasteiger partial charge in [0.1, 0.15) is 0 Å². The van der Waals surface area contributed by atoms with E-state index in [1.54, 1.807) is 0 Å². The van der Waals surface area contributed by atoms with Crippen molar-refractivity contribution in [2.24, 2.45) is 0 Å². The molecule has 0 bridgehead atoms. The molecule has 0 spiro atoms. The van der Waals surface area contributed by atoms with E-state index >= 15 is 0 Å². The summed E-state index contributed by atoms with van der Waals surface area (Å²) in [5.41, 5.74) is 1.43. The second kappa shape index (κ2) is 19.1. The molecular formula is C29H52NO2+. The van der Waals surface area contributed by atoms with Crippen molar-refractivity contribution in [2.45, 2.75) is 116 Å². The lowest BCUT2D eigenvalue weighted by Crippen LogP contribution is -2.47. The predicted molar refractivity (Wildman–Crippen MR) is 138 cm³/mol. The van der Waals surface area contributed by atoms with E-state index in [1.807, 2.05) is 0 Å². The fourth-order valence-corrected chi connectivity index (χ4v) is 4.66. The Kier molecular flexibility index (Phi) is 17.2. The number of unbranched alkanes of at least 4 members (excludes halogenated alkanes) is 13. The number of quaternary nitrogens is 1. The lowest BCUT2D eigenvalue weighted by atomic mass is 10.0. The third-order valence-electron chi connectivity index (χ3n) is 6.92. The lowest BCUT2D eigenvalue weighted by Gasteiger charge is -2.35. The molecule has 184 valence electrons. The first-order chi connectivity index (χ1) is 15.6. The minimum atomic E-state index is -0.664. The third kappa shape index (κ3) is 16.3. The van der Waals surface area contributed by atoms with Crippen LogP contribution in [0.4, 0.5) is 0 Å². The number of aliphatic carboxylic acids is 1. The highest BCUT2D eigenvalue weighted by Crippen LogP contribution is 2.16. The van der Waals surface area contributed by atoms with Crippen LogP contribution in [0.2, 0.25) is 0 Å². The summed E-state index contributed by atoms with van der Waals surface area (Å²) in [6.07, 6.45) is 21.2. The normalized spacial score (nSPS) is 13.2. The number of carboxylic acid groups (broad SMARTS) is 1. The first kappa shape index (κ1) is 28.7. The summed E-state index contributed by atoms with van der Waals surface area (Å²) < 4.78 is 1.12. The van der Waals surface area contributed by atoms with Gasteiger partial charge in [0.2, 0.25) is 0 Å². The van der Waals surface area contributed by atoms with Crippen LogP contribution < -0.4 is 0 Å². The number of carboxylic acids is 1. The van der Waals surface area contributed by atoms with Gasteiger partial charge in [0.25, 0.3) is 0 Å². The van der Waals surface area contributed by atoms with Crippen molar-refractivity contribution in [3.05, 3.63) is 35.9 Å². The van der Waals surface area contributed by atoms with Crippen molar-refractivity contribution in [3.8, 4) is 0 Å². The molecule has 3 heteroatoms. The molecule has 1 aromatic carbocycles.